The maximum Gasteiger partial charge on any atom is 0.273 e. The van der Waals surface area contributed by atoms with Crippen molar-refractivity contribution in [2.45, 2.75) is 127 Å². The van der Waals surface area contributed by atoms with Gasteiger partial charge in [0.25, 0.3) is 15.9 Å². The Balaban J connectivity index is 1.16. The molecule has 11 nitrogen and oxygen atoms in total. The monoisotopic (exact) mass is 745 g/mol. The van der Waals surface area contributed by atoms with Crippen molar-refractivity contribution in [3.8, 4) is 0 Å². The molecule has 53 heavy (non-hydrogen) atoms. The van der Waals surface area contributed by atoms with E-state index in [4.69, 9.17) is 9.47 Å². The lowest BCUT2D eigenvalue weighted by Crippen LogP contribution is -2.47. The molecule has 3 aliphatic carbocycles. The Kier molecular flexibility index (Phi) is 13.4. The van der Waals surface area contributed by atoms with Gasteiger partial charge >= 0.3 is 0 Å². The second-order valence-electron chi connectivity index (χ2n) is 15.0. The minimum atomic E-state index is -4.02. The van der Waals surface area contributed by atoms with Crippen molar-refractivity contribution in [1.29, 1.82) is 0 Å². The summed E-state index contributed by atoms with van der Waals surface area (Å²) in [5.41, 5.74) is 2.58. The normalized spacial score (nSPS) is 22.5. The fourth-order valence-corrected chi connectivity index (χ4v) is 8.91. The van der Waals surface area contributed by atoms with Crippen LogP contribution < -0.4 is 15.4 Å². The summed E-state index contributed by atoms with van der Waals surface area (Å²) in [4.78, 5) is 27.6. The number of aryl methyl sites for hydroxylation is 1. The van der Waals surface area contributed by atoms with Crippen LogP contribution in [0.2, 0.25) is 0 Å². The van der Waals surface area contributed by atoms with Gasteiger partial charge in [0.05, 0.1) is 29.8 Å². The summed E-state index contributed by atoms with van der Waals surface area (Å²) in [6, 6.07) is 17.5. The fraction of sp³-hybridized carbons (Fsp3) is 0.537. The maximum absolute atomic E-state index is 14.0. The van der Waals surface area contributed by atoms with E-state index in [1.807, 2.05) is 37.3 Å². The number of amides is 2. The number of benzene rings is 2. The van der Waals surface area contributed by atoms with Crippen LogP contribution in [0.5, 0.6) is 0 Å². The van der Waals surface area contributed by atoms with Crippen molar-refractivity contribution >= 4 is 27.7 Å². The molecule has 3 N–H and O–H groups in total. The molecule has 0 radical (unpaired) electrons. The van der Waals surface area contributed by atoms with E-state index < -0.39 is 15.9 Å². The lowest BCUT2D eigenvalue weighted by atomic mass is 9.84. The van der Waals surface area contributed by atoms with Crippen LogP contribution >= 0.6 is 0 Å². The summed E-state index contributed by atoms with van der Waals surface area (Å²) in [6.07, 6.45) is 13.4. The van der Waals surface area contributed by atoms with Crippen LogP contribution in [0.1, 0.15) is 105 Å². The topological polar surface area (TPSA) is 141 Å². The quantitative estimate of drug-likeness (QED) is 0.152. The summed E-state index contributed by atoms with van der Waals surface area (Å²) in [6.45, 7) is 7.03. The van der Waals surface area contributed by atoms with Crippen molar-refractivity contribution < 1.29 is 27.5 Å². The molecule has 6 rings (SSSR count). The lowest BCUT2D eigenvalue weighted by Gasteiger charge is -2.34. The number of anilines is 1. The fourth-order valence-electron chi connectivity index (χ4n) is 7.92. The molecule has 3 saturated carbocycles. The highest BCUT2D eigenvalue weighted by Gasteiger charge is 2.32. The van der Waals surface area contributed by atoms with Gasteiger partial charge in [0.15, 0.2) is 5.82 Å². The molecule has 0 bridgehead atoms. The summed E-state index contributed by atoms with van der Waals surface area (Å²) >= 11 is 0. The highest BCUT2D eigenvalue weighted by Crippen LogP contribution is 2.33. The van der Waals surface area contributed by atoms with Gasteiger partial charge in [-0.15, -0.1) is 0 Å². The number of ether oxygens (including phenoxy) is 2. The van der Waals surface area contributed by atoms with Crippen molar-refractivity contribution in [2.75, 3.05) is 11.3 Å². The molecule has 4 atom stereocenters. The Hall–Kier alpha value is -4.00. The first-order chi connectivity index (χ1) is 25.6. The molecule has 1 unspecified atom stereocenters. The summed E-state index contributed by atoms with van der Waals surface area (Å²) in [5, 5.41) is 10.5. The summed E-state index contributed by atoms with van der Waals surface area (Å²) < 4.78 is 43.1. The highest BCUT2D eigenvalue weighted by molar-refractivity contribution is 7.92. The number of sulfonamides is 1. The predicted molar refractivity (Wildman–Crippen MR) is 205 cm³/mol. The van der Waals surface area contributed by atoms with Gasteiger partial charge in [-0.1, -0.05) is 99.6 Å². The van der Waals surface area contributed by atoms with Crippen molar-refractivity contribution in [1.82, 2.24) is 20.4 Å². The Morgan fingerprint density at radius 1 is 0.849 bits per heavy atom. The lowest BCUT2D eigenvalue weighted by molar-refractivity contribution is -0.124. The molecule has 0 spiro atoms. The van der Waals surface area contributed by atoms with E-state index >= 15 is 0 Å². The largest absolute Gasteiger partial charge is 0.377 e. The molecule has 286 valence electrons. The molecule has 2 amide bonds. The average molecular weight is 746 g/mol. The van der Waals surface area contributed by atoms with Gasteiger partial charge in [0.2, 0.25) is 5.91 Å². The molecule has 3 aromatic rings. The van der Waals surface area contributed by atoms with Crippen LogP contribution in [0.4, 0.5) is 5.82 Å². The number of aromatic nitrogens is 2. The number of carbonyl (C=O) groups is 2. The smallest absolute Gasteiger partial charge is 0.273 e. The minimum Gasteiger partial charge on any atom is -0.377 e. The summed E-state index contributed by atoms with van der Waals surface area (Å²) in [7, 11) is -4.02. The Morgan fingerprint density at radius 2 is 1.53 bits per heavy atom. The zero-order chi connectivity index (χ0) is 37.2. The maximum atomic E-state index is 14.0. The molecular formula is C41H55N5O6S. The standard InChI is InChI=1S/C41H55N5O6S/c1-29-21-23-33(24-22-29)53(49,50)45-39-25-36(41(48)42-30(2)34-17-9-11-19-37(34)51-27-31-13-5-3-6-14-31)46(44-39)26-40(47)43-35-18-10-12-20-38(35)52-28-32-15-7-4-8-16-32/h4,7-8,15-16,21-25,31,34-35,37-38H,2-3,5-6,9-14,17-20,26-28H2,1H3,(H,42,48)(H,43,47)(H,44,45)/t34?,35-,37-,38-/m0/s1. The summed E-state index contributed by atoms with van der Waals surface area (Å²) in [5.74, 6) is -0.403. The molecule has 1 heterocycles. The van der Waals surface area contributed by atoms with Crippen LogP contribution in [-0.4, -0.2) is 54.9 Å². The number of nitrogens with one attached hydrogen (secondary N) is 3. The van der Waals surface area contributed by atoms with Crippen LogP contribution in [0.15, 0.2) is 77.8 Å². The second-order valence-corrected chi connectivity index (χ2v) is 16.7. The number of hydrogen-bond donors (Lipinski definition) is 3. The highest BCUT2D eigenvalue weighted by atomic mass is 32.2. The number of rotatable bonds is 15. The molecule has 3 fully saturated rings. The third-order valence-corrected chi connectivity index (χ3v) is 12.3. The molecule has 1 aromatic heterocycles. The van der Waals surface area contributed by atoms with E-state index in [0.29, 0.717) is 18.2 Å². The number of nitrogens with zero attached hydrogens (tertiary/aromatic N) is 2. The van der Waals surface area contributed by atoms with Crippen molar-refractivity contribution in [2.24, 2.45) is 11.8 Å². The first-order valence-corrected chi connectivity index (χ1v) is 20.9. The minimum absolute atomic E-state index is 0.0291. The first kappa shape index (κ1) is 38.7. The Labute approximate surface area is 314 Å². The van der Waals surface area contributed by atoms with Gasteiger partial charge in [-0.25, -0.2) is 13.1 Å². The van der Waals surface area contributed by atoms with E-state index in [9.17, 15) is 18.0 Å². The molecule has 2 aromatic carbocycles. The van der Waals surface area contributed by atoms with E-state index in [1.54, 1.807) is 12.1 Å². The molecule has 3 aliphatic rings. The van der Waals surface area contributed by atoms with Gasteiger partial charge in [-0.3, -0.25) is 14.3 Å². The van der Waals surface area contributed by atoms with Crippen LogP contribution in [0, 0.1) is 18.8 Å². The van der Waals surface area contributed by atoms with Crippen LogP contribution in [0.3, 0.4) is 0 Å². The zero-order valence-corrected chi connectivity index (χ0v) is 31.7. The molecular weight excluding hydrogens is 691 g/mol. The van der Waals surface area contributed by atoms with Gasteiger partial charge in [-0.2, -0.15) is 5.10 Å². The second kappa shape index (κ2) is 18.4. The van der Waals surface area contributed by atoms with Gasteiger partial charge < -0.3 is 20.1 Å². The van der Waals surface area contributed by atoms with Crippen molar-refractivity contribution in [3.05, 3.63) is 89.8 Å². The van der Waals surface area contributed by atoms with E-state index in [0.717, 1.165) is 69.1 Å². The van der Waals surface area contributed by atoms with Crippen molar-refractivity contribution in [3.63, 3.8) is 0 Å². The Bertz CT molecular complexity index is 1790. The average Bonchev–Trinajstić information content (AvgIpc) is 3.55. The third-order valence-electron chi connectivity index (χ3n) is 10.9. The zero-order valence-electron chi connectivity index (χ0n) is 30.9. The first-order valence-electron chi connectivity index (χ1n) is 19.4. The SMILES string of the molecule is C=C(NC(=O)c1cc(NS(=O)(=O)c2ccc(C)cc2)nn1CC(=O)N[C@H]1CCCC[C@@H]1OCc1ccccc1)C1CCCC[C@@H]1OCC1CCCCC1. The van der Waals surface area contributed by atoms with Gasteiger partial charge in [0.1, 0.15) is 12.2 Å². The molecule has 0 aliphatic heterocycles. The Morgan fingerprint density at radius 3 is 2.28 bits per heavy atom. The molecule has 12 heteroatoms. The predicted octanol–water partition coefficient (Wildman–Crippen LogP) is 7.04. The molecule has 0 saturated heterocycles. The van der Waals surface area contributed by atoms with E-state index in [1.165, 1.54) is 55.0 Å². The van der Waals surface area contributed by atoms with Gasteiger partial charge in [-0.05, 0) is 69.1 Å². The van der Waals surface area contributed by atoms with Crippen LogP contribution in [-0.2, 0) is 37.4 Å². The number of hydrogen-bond acceptors (Lipinski definition) is 7. The van der Waals surface area contributed by atoms with E-state index in [-0.39, 0.29) is 53.0 Å². The van der Waals surface area contributed by atoms with E-state index in [2.05, 4.69) is 27.0 Å². The van der Waals surface area contributed by atoms with Crippen LogP contribution in [0.25, 0.3) is 0 Å². The third kappa shape index (κ3) is 10.8. The number of carbonyl (C=O) groups excluding carboxylic acids is 2. The van der Waals surface area contributed by atoms with Gasteiger partial charge in [0, 0.05) is 24.3 Å².